The molecule has 4 aliphatic rings. The Bertz CT molecular complexity index is 833. The van der Waals surface area contributed by atoms with Gasteiger partial charge >= 0.3 is 0 Å². The minimum absolute atomic E-state index is 0.0745. The van der Waals surface area contributed by atoms with Crippen molar-refractivity contribution in [2.24, 2.45) is 17.8 Å². The first kappa shape index (κ1) is 19.1. The number of fused-ring (bicyclic) bond motifs is 1. The largest absolute Gasteiger partial charge is 0.369 e. The lowest BCUT2D eigenvalue weighted by Gasteiger charge is -2.30. The summed E-state index contributed by atoms with van der Waals surface area (Å²) in [4.78, 5) is 27.4. The number of benzene rings is 1. The van der Waals surface area contributed by atoms with Crippen molar-refractivity contribution in [1.29, 1.82) is 0 Å². The molecule has 2 bridgehead atoms. The van der Waals surface area contributed by atoms with Gasteiger partial charge in [-0.2, -0.15) is 0 Å². The molecule has 29 heavy (non-hydrogen) atoms. The standard InChI is InChI=1S/C24H32N2O3/c1-15-6-7-17(10-16(15)2)11-22(27)25-12-19-20-13-26(23(28)18-4-3-5-18)14-24(20)9-8-21(19)29-24/h6-7,10,18-21H,3-5,8-9,11-14H2,1-2H3,(H,25,27)/t19-,20+,21+,24+/m0/s1. The van der Waals surface area contributed by atoms with Crippen molar-refractivity contribution in [3.8, 4) is 0 Å². The van der Waals surface area contributed by atoms with E-state index in [0.29, 0.717) is 30.7 Å². The van der Waals surface area contributed by atoms with Crippen molar-refractivity contribution in [3.63, 3.8) is 0 Å². The summed E-state index contributed by atoms with van der Waals surface area (Å²) in [6.07, 6.45) is 6.06. The van der Waals surface area contributed by atoms with E-state index in [1.165, 1.54) is 17.5 Å². The van der Waals surface area contributed by atoms with Crippen LogP contribution in [0.5, 0.6) is 0 Å². The number of aryl methyl sites for hydroxylation is 2. The molecular weight excluding hydrogens is 364 g/mol. The van der Waals surface area contributed by atoms with Gasteiger partial charge in [-0.05, 0) is 56.2 Å². The zero-order valence-electron chi connectivity index (χ0n) is 17.6. The average molecular weight is 397 g/mol. The molecule has 5 nitrogen and oxygen atoms in total. The van der Waals surface area contributed by atoms with E-state index in [9.17, 15) is 9.59 Å². The van der Waals surface area contributed by atoms with Crippen LogP contribution in [-0.4, -0.2) is 48.1 Å². The van der Waals surface area contributed by atoms with E-state index >= 15 is 0 Å². The Balaban J connectivity index is 1.20. The van der Waals surface area contributed by atoms with Crippen molar-refractivity contribution < 1.29 is 14.3 Å². The third-order valence-electron chi connectivity index (χ3n) is 8.02. The first-order valence-corrected chi connectivity index (χ1v) is 11.2. The highest BCUT2D eigenvalue weighted by molar-refractivity contribution is 5.80. The summed E-state index contributed by atoms with van der Waals surface area (Å²) in [5.41, 5.74) is 3.39. The maximum atomic E-state index is 12.8. The second-order valence-corrected chi connectivity index (χ2v) is 9.78. The summed E-state index contributed by atoms with van der Waals surface area (Å²) in [5, 5.41) is 3.17. The first-order chi connectivity index (χ1) is 13.9. The molecule has 1 aliphatic carbocycles. The molecule has 1 N–H and O–H groups in total. The van der Waals surface area contributed by atoms with Crippen LogP contribution in [0.2, 0.25) is 0 Å². The normalized spacial score (nSPS) is 32.9. The fourth-order valence-electron chi connectivity index (χ4n) is 5.94. The minimum Gasteiger partial charge on any atom is -0.369 e. The summed E-state index contributed by atoms with van der Waals surface area (Å²) in [6, 6.07) is 6.22. The van der Waals surface area contributed by atoms with Crippen molar-refractivity contribution in [2.45, 2.75) is 64.1 Å². The number of ether oxygens (including phenoxy) is 1. The van der Waals surface area contributed by atoms with Crippen LogP contribution in [0.3, 0.4) is 0 Å². The zero-order valence-corrected chi connectivity index (χ0v) is 17.6. The quantitative estimate of drug-likeness (QED) is 0.833. The number of carbonyl (C=O) groups is 2. The minimum atomic E-state index is -0.145. The number of carbonyl (C=O) groups excluding carboxylic acids is 2. The molecule has 3 heterocycles. The molecular formula is C24H32N2O3. The van der Waals surface area contributed by atoms with Crippen LogP contribution >= 0.6 is 0 Å². The fourth-order valence-corrected chi connectivity index (χ4v) is 5.94. The third-order valence-corrected chi connectivity index (χ3v) is 8.02. The van der Waals surface area contributed by atoms with E-state index in [4.69, 9.17) is 4.74 Å². The Morgan fingerprint density at radius 1 is 1.21 bits per heavy atom. The summed E-state index contributed by atoms with van der Waals surface area (Å²) < 4.78 is 6.44. The topological polar surface area (TPSA) is 58.6 Å². The number of nitrogens with one attached hydrogen (secondary N) is 1. The Kier molecular flexibility index (Phi) is 4.69. The van der Waals surface area contributed by atoms with Crippen molar-refractivity contribution >= 4 is 11.8 Å². The van der Waals surface area contributed by atoms with Gasteiger partial charge in [0, 0.05) is 30.8 Å². The predicted molar refractivity (Wildman–Crippen MR) is 110 cm³/mol. The Hall–Kier alpha value is -1.88. The summed E-state index contributed by atoms with van der Waals surface area (Å²) in [6.45, 7) is 6.40. The van der Waals surface area contributed by atoms with Crippen LogP contribution in [0.25, 0.3) is 0 Å². The van der Waals surface area contributed by atoms with Gasteiger partial charge in [0.2, 0.25) is 11.8 Å². The molecule has 4 fully saturated rings. The Morgan fingerprint density at radius 2 is 2.03 bits per heavy atom. The Morgan fingerprint density at radius 3 is 2.76 bits per heavy atom. The van der Waals surface area contributed by atoms with E-state index in [-0.39, 0.29) is 23.5 Å². The Labute approximate surface area is 173 Å². The van der Waals surface area contributed by atoms with E-state index in [1.807, 2.05) is 6.07 Å². The molecule has 5 heteroatoms. The van der Waals surface area contributed by atoms with Crippen LogP contribution < -0.4 is 5.32 Å². The van der Waals surface area contributed by atoms with Gasteiger partial charge < -0.3 is 15.0 Å². The van der Waals surface area contributed by atoms with Gasteiger partial charge in [-0.15, -0.1) is 0 Å². The molecule has 0 radical (unpaired) electrons. The van der Waals surface area contributed by atoms with Crippen molar-refractivity contribution in [2.75, 3.05) is 19.6 Å². The smallest absolute Gasteiger partial charge is 0.225 e. The van der Waals surface area contributed by atoms with Gasteiger partial charge in [0.15, 0.2) is 0 Å². The molecule has 5 rings (SSSR count). The molecule has 4 atom stereocenters. The highest BCUT2D eigenvalue weighted by Gasteiger charge is 2.63. The zero-order chi connectivity index (χ0) is 20.2. The second-order valence-electron chi connectivity index (χ2n) is 9.78. The molecule has 0 aromatic heterocycles. The van der Waals surface area contributed by atoms with Gasteiger partial charge in [0.05, 0.1) is 24.7 Å². The summed E-state index contributed by atoms with van der Waals surface area (Å²) in [5.74, 6) is 1.35. The molecule has 156 valence electrons. The molecule has 0 unspecified atom stereocenters. The van der Waals surface area contributed by atoms with Gasteiger partial charge in [0.1, 0.15) is 0 Å². The summed E-state index contributed by atoms with van der Waals surface area (Å²) in [7, 11) is 0. The lowest BCUT2D eigenvalue weighted by molar-refractivity contribution is -0.138. The molecule has 2 amide bonds. The number of likely N-dealkylation sites (tertiary alicyclic amines) is 1. The summed E-state index contributed by atoms with van der Waals surface area (Å²) >= 11 is 0. The second kappa shape index (κ2) is 7.12. The highest BCUT2D eigenvalue weighted by Crippen LogP contribution is 2.55. The van der Waals surface area contributed by atoms with Crippen LogP contribution in [0.15, 0.2) is 18.2 Å². The lowest BCUT2D eigenvalue weighted by Crippen LogP contribution is -2.42. The van der Waals surface area contributed by atoms with Gasteiger partial charge in [0.25, 0.3) is 0 Å². The number of hydrogen-bond donors (Lipinski definition) is 1. The van der Waals surface area contributed by atoms with Crippen molar-refractivity contribution in [1.82, 2.24) is 10.2 Å². The monoisotopic (exact) mass is 396 g/mol. The molecule has 1 aromatic carbocycles. The third kappa shape index (κ3) is 3.27. The number of amides is 2. The number of hydrogen-bond acceptors (Lipinski definition) is 3. The SMILES string of the molecule is Cc1ccc(CC(=O)NC[C@H]2[C@H]3CN(C(=O)C4CCC4)C[C@]34CC[C@H]2O4)cc1C. The fraction of sp³-hybridized carbons (Fsp3) is 0.667. The first-order valence-electron chi connectivity index (χ1n) is 11.2. The highest BCUT2D eigenvalue weighted by atomic mass is 16.5. The molecule has 3 saturated heterocycles. The number of rotatable bonds is 5. The molecule has 1 saturated carbocycles. The van der Waals surface area contributed by atoms with Gasteiger partial charge in [-0.1, -0.05) is 24.6 Å². The maximum Gasteiger partial charge on any atom is 0.225 e. The van der Waals surface area contributed by atoms with E-state index in [0.717, 1.165) is 44.3 Å². The predicted octanol–water partition coefficient (Wildman–Crippen LogP) is 2.77. The maximum absolute atomic E-state index is 12.8. The number of nitrogens with zero attached hydrogens (tertiary/aromatic N) is 1. The molecule has 1 aromatic rings. The van der Waals surface area contributed by atoms with E-state index in [1.54, 1.807) is 0 Å². The molecule has 1 spiro atoms. The van der Waals surface area contributed by atoms with Crippen LogP contribution in [0.1, 0.15) is 48.8 Å². The van der Waals surface area contributed by atoms with Crippen LogP contribution in [-0.2, 0) is 20.7 Å². The van der Waals surface area contributed by atoms with E-state index < -0.39 is 0 Å². The lowest BCUT2D eigenvalue weighted by atomic mass is 9.73. The van der Waals surface area contributed by atoms with E-state index in [2.05, 4.69) is 36.2 Å². The van der Waals surface area contributed by atoms with Crippen molar-refractivity contribution in [3.05, 3.63) is 34.9 Å². The average Bonchev–Trinajstić information content (AvgIpc) is 3.30. The van der Waals surface area contributed by atoms with Crippen LogP contribution in [0.4, 0.5) is 0 Å². The molecule has 3 aliphatic heterocycles. The van der Waals surface area contributed by atoms with Crippen LogP contribution in [0, 0.1) is 31.6 Å². The van der Waals surface area contributed by atoms with Gasteiger partial charge in [-0.25, -0.2) is 0 Å². The van der Waals surface area contributed by atoms with Gasteiger partial charge in [-0.3, -0.25) is 9.59 Å².